The van der Waals surface area contributed by atoms with E-state index in [0.29, 0.717) is 22.0 Å². The van der Waals surface area contributed by atoms with Crippen LogP contribution >= 0.6 is 11.6 Å². The highest BCUT2D eigenvalue weighted by Gasteiger charge is 2.17. The van der Waals surface area contributed by atoms with E-state index < -0.39 is 0 Å². The van der Waals surface area contributed by atoms with Crippen molar-refractivity contribution in [3.8, 4) is 5.75 Å². The summed E-state index contributed by atoms with van der Waals surface area (Å²) in [5.41, 5.74) is 3.09. The van der Waals surface area contributed by atoms with Crippen LogP contribution in [-0.2, 0) is 4.79 Å². The molecule has 0 aliphatic heterocycles. The van der Waals surface area contributed by atoms with Crippen LogP contribution in [0, 0.1) is 0 Å². The molecule has 0 saturated heterocycles. The molecule has 148 valence electrons. The molecule has 0 spiro atoms. The SMILES string of the molecule is COc1cc2c(cc1NC(=O)C[NH2+][C@H](C)c1ccccc1Cl)oc1ccccc12. The lowest BCUT2D eigenvalue weighted by molar-refractivity contribution is -0.682. The van der Waals surface area contributed by atoms with E-state index in [1.165, 1.54) is 0 Å². The molecule has 4 aromatic rings. The van der Waals surface area contributed by atoms with Gasteiger partial charge < -0.3 is 19.8 Å². The Labute approximate surface area is 173 Å². The number of halogens is 1. The summed E-state index contributed by atoms with van der Waals surface area (Å²) in [6.07, 6.45) is 0. The first-order chi connectivity index (χ1) is 14.1. The van der Waals surface area contributed by atoms with E-state index in [0.717, 1.165) is 21.9 Å². The first-order valence-corrected chi connectivity index (χ1v) is 9.81. The van der Waals surface area contributed by atoms with Gasteiger partial charge in [-0.25, -0.2) is 0 Å². The standard InChI is InChI=1S/C23H21ClN2O3/c1-14(15-7-3-5-9-18(15)24)25-13-23(27)26-19-12-21-17(11-22(19)28-2)16-8-4-6-10-20(16)29-21/h3-12,14,25H,13H2,1-2H3,(H,26,27)/p+1/t14-/m1/s1. The molecule has 0 saturated carbocycles. The Kier molecular flexibility index (Phi) is 5.43. The second-order valence-electron chi connectivity index (χ2n) is 6.95. The molecule has 0 unspecified atom stereocenters. The van der Waals surface area contributed by atoms with Crippen molar-refractivity contribution in [3.63, 3.8) is 0 Å². The minimum Gasteiger partial charge on any atom is -0.495 e. The van der Waals surface area contributed by atoms with Crippen molar-refractivity contribution < 1.29 is 19.3 Å². The number of rotatable bonds is 6. The highest BCUT2D eigenvalue weighted by molar-refractivity contribution is 6.31. The van der Waals surface area contributed by atoms with Gasteiger partial charge in [0.15, 0.2) is 6.54 Å². The summed E-state index contributed by atoms with van der Waals surface area (Å²) in [4.78, 5) is 12.5. The first kappa shape index (κ1) is 19.3. The second-order valence-corrected chi connectivity index (χ2v) is 7.35. The summed E-state index contributed by atoms with van der Waals surface area (Å²) in [5, 5.41) is 7.55. The number of nitrogens with one attached hydrogen (secondary N) is 1. The zero-order valence-electron chi connectivity index (χ0n) is 16.2. The lowest BCUT2D eigenvalue weighted by Gasteiger charge is -2.13. The maximum Gasteiger partial charge on any atom is 0.279 e. The highest BCUT2D eigenvalue weighted by atomic mass is 35.5. The van der Waals surface area contributed by atoms with Crippen LogP contribution in [0.25, 0.3) is 21.9 Å². The van der Waals surface area contributed by atoms with Gasteiger partial charge in [-0.3, -0.25) is 4.79 Å². The summed E-state index contributed by atoms with van der Waals surface area (Å²) in [6, 6.07) is 19.3. The first-order valence-electron chi connectivity index (χ1n) is 9.43. The lowest BCUT2D eigenvalue weighted by atomic mass is 10.1. The van der Waals surface area contributed by atoms with Crippen molar-refractivity contribution in [1.29, 1.82) is 0 Å². The van der Waals surface area contributed by atoms with Crippen molar-refractivity contribution in [3.05, 3.63) is 71.2 Å². The molecule has 0 aliphatic rings. The molecule has 4 rings (SSSR count). The molecule has 1 atom stereocenters. The van der Waals surface area contributed by atoms with Gasteiger partial charge >= 0.3 is 0 Å². The molecule has 1 aromatic heterocycles. The van der Waals surface area contributed by atoms with Crippen LogP contribution in [0.5, 0.6) is 5.75 Å². The molecule has 5 nitrogen and oxygen atoms in total. The Morgan fingerprint density at radius 2 is 1.86 bits per heavy atom. The van der Waals surface area contributed by atoms with E-state index in [2.05, 4.69) is 5.32 Å². The van der Waals surface area contributed by atoms with Crippen molar-refractivity contribution in [2.45, 2.75) is 13.0 Å². The van der Waals surface area contributed by atoms with Crippen molar-refractivity contribution in [1.82, 2.24) is 0 Å². The number of hydrogen-bond donors (Lipinski definition) is 2. The van der Waals surface area contributed by atoms with Gasteiger partial charge in [0.1, 0.15) is 23.0 Å². The molecule has 3 N–H and O–H groups in total. The van der Waals surface area contributed by atoms with Crippen LogP contribution in [0.3, 0.4) is 0 Å². The summed E-state index contributed by atoms with van der Waals surface area (Å²) >= 11 is 6.25. The number of benzene rings is 3. The number of nitrogens with two attached hydrogens (primary N) is 1. The Morgan fingerprint density at radius 3 is 2.66 bits per heavy atom. The van der Waals surface area contributed by atoms with Crippen molar-refractivity contribution in [2.24, 2.45) is 0 Å². The van der Waals surface area contributed by atoms with E-state index in [-0.39, 0.29) is 18.5 Å². The van der Waals surface area contributed by atoms with E-state index in [1.54, 1.807) is 7.11 Å². The smallest absolute Gasteiger partial charge is 0.279 e. The molecule has 1 amide bonds. The Balaban J connectivity index is 1.51. The van der Waals surface area contributed by atoms with Gasteiger partial charge in [0.2, 0.25) is 0 Å². The predicted molar refractivity (Wildman–Crippen MR) is 116 cm³/mol. The number of amides is 1. The van der Waals surface area contributed by atoms with E-state index in [9.17, 15) is 4.79 Å². The van der Waals surface area contributed by atoms with Crippen LogP contribution in [0.1, 0.15) is 18.5 Å². The number of ether oxygens (including phenoxy) is 1. The third-order valence-electron chi connectivity index (χ3n) is 5.03. The minimum absolute atomic E-state index is 0.0641. The van der Waals surface area contributed by atoms with Crippen LogP contribution in [0.15, 0.2) is 65.1 Å². The van der Waals surface area contributed by atoms with Gasteiger partial charge in [-0.15, -0.1) is 0 Å². The quantitative estimate of drug-likeness (QED) is 0.492. The Morgan fingerprint density at radius 1 is 1.10 bits per heavy atom. The number of fused-ring (bicyclic) bond motifs is 3. The predicted octanol–water partition coefficient (Wildman–Crippen LogP) is 4.51. The van der Waals surface area contributed by atoms with E-state index in [4.69, 9.17) is 20.8 Å². The Hall–Kier alpha value is -3.02. The number of para-hydroxylation sites is 1. The van der Waals surface area contributed by atoms with Gasteiger partial charge in [-0.1, -0.05) is 48.0 Å². The molecule has 1 heterocycles. The topological polar surface area (TPSA) is 68.1 Å². The fourth-order valence-corrected chi connectivity index (χ4v) is 3.78. The van der Waals surface area contributed by atoms with Gasteiger partial charge in [-0.05, 0) is 25.1 Å². The van der Waals surface area contributed by atoms with Gasteiger partial charge in [0, 0.05) is 27.4 Å². The van der Waals surface area contributed by atoms with Crippen LogP contribution in [0.4, 0.5) is 5.69 Å². The average Bonchev–Trinajstić information content (AvgIpc) is 3.09. The number of furan rings is 1. The third kappa shape index (κ3) is 3.92. The van der Waals surface area contributed by atoms with Gasteiger partial charge in [0.05, 0.1) is 12.8 Å². The zero-order chi connectivity index (χ0) is 20.4. The van der Waals surface area contributed by atoms with E-state index in [1.807, 2.05) is 72.9 Å². The van der Waals surface area contributed by atoms with Crippen molar-refractivity contribution in [2.75, 3.05) is 19.0 Å². The number of methoxy groups -OCH3 is 1. The molecular weight excluding hydrogens is 388 g/mol. The highest BCUT2D eigenvalue weighted by Crippen LogP contribution is 2.36. The monoisotopic (exact) mass is 409 g/mol. The largest absolute Gasteiger partial charge is 0.495 e. The number of hydrogen-bond acceptors (Lipinski definition) is 3. The molecule has 3 aromatic carbocycles. The van der Waals surface area contributed by atoms with Crippen LogP contribution in [0.2, 0.25) is 5.02 Å². The molecule has 29 heavy (non-hydrogen) atoms. The third-order valence-corrected chi connectivity index (χ3v) is 5.37. The lowest BCUT2D eigenvalue weighted by Crippen LogP contribution is -2.86. The normalized spacial score (nSPS) is 12.2. The summed E-state index contributed by atoms with van der Waals surface area (Å²) in [6.45, 7) is 2.28. The molecule has 6 heteroatoms. The van der Waals surface area contributed by atoms with Gasteiger partial charge in [0.25, 0.3) is 5.91 Å². The van der Waals surface area contributed by atoms with Crippen molar-refractivity contribution >= 4 is 45.1 Å². The molecule has 0 bridgehead atoms. The zero-order valence-corrected chi connectivity index (χ0v) is 17.0. The number of carbonyl (C=O) groups is 1. The van der Waals surface area contributed by atoms with Crippen LogP contribution in [-0.4, -0.2) is 19.6 Å². The summed E-state index contributed by atoms with van der Waals surface area (Å²) in [7, 11) is 1.59. The maximum absolute atomic E-state index is 12.5. The summed E-state index contributed by atoms with van der Waals surface area (Å²) in [5.74, 6) is 0.467. The fraction of sp³-hybridized carbons (Fsp3) is 0.174. The number of carbonyl (C=O) groups excluding carboxylic acids is 1. The average molecular weight is 410 g/mol. The molecule has 0 fully saturated rings. The number of quaternary nitrogens is 1. The molecule has 0 aliphatic carbocycles. The molecular formula is C23H22ClN2O3+. The van der Waals surface area contributed by atoms with E-state index >= 15 is 0 Å². The second kappa shape index (κ2) is 8.15. The van der Waals surface area contributed by atoms with Gasteiger partial charge in [-0.2, -0.15) is 0 Å². The van der Waals surface area contributed by atoms with Crippen LogP contribution < -0.4 is 15.4 Å². The Bertz CT molecular complexity index is 1190. The number of anilines is 1. The fourth-order valence-electron chi connectivity index (χ4n) is 3.47. The summed E-state index contributed by atoms with van der Waals surface area (Å²) < 4.78 is 11.4. The maximum atomic E-state index is 12.5. The molecule has 0 radical (unpaired) electrons. The minimum atomic E-state index is -0.127.